The molecule has 0 amide bonds. The third kappa shape index (κ3) is 8.64. The van der Waals surface area contributed by atoms with Gasteiger partial charge in [0.25, 0.3) is 0 Å². The number of phenols is 2. The predicted octanol–water partition coefficient (Wildman–Crippen LogP) is 2.66. The van der Waals surface area contributed by atoms with Crippen molar-refractivity contribution in [1.82, 2.24) is 15.2 Å². The van der Waals surface area contributed by atoms with Gasteiger partial charge in [0.2, 0.25) is 11.9 Å². The van der Waals surface area contributed by atoms with Gasteiger partial charge in [0.15, 0.2) is 11.5 Å². The molecule has 1 heterocycles. The van der Waals surface area contributed by atoms with E-state index in [1.165, 1.54) is 13.1 Å². The number of hydrogen-bond acceptors (Lipinski definition) is 7. The molecule has 0 bridgehead atoms. The summed E-state index contributed by atoms with van der Waals surface area (Å²) >= 11 is 0. The largest absolute Gasteiger partial charge is 0.504 e. The maximum Gasteiger partial charge on any atom is 0.243 e. The standard InChI is InChI=1S/C10H13N5O2.C3H6.C2H6.CH5N/c1-11-9-13-10(15-14-9)12-5-6-3-2-4-7(16)8(6)17;1-3-2;2*1-2/h2-4,16-17H,5H2,1H3,(H3,11,12,13,14,15);3H,1H2,2H3;1-2H3;2H2,1H3. The first-order valence-corrected chi connectivity index (χ1v) is 7.61. The normalized spacial score (nSPS) is 8.25. The number of aromatic nitrogens is 3. The molecule has 2 rings (SSSR count). The minimum absolute atomic E-state index is 0.131. The number of rotatable bonds is 4. The van der Waals surface area contributed by atoms with E-state index in [2.05, 4.69) is 38.1 Å². The molecule has 2 aromatic rings. The van der Waals surface area contributed by atoms with E-state index in [4.69, 9.17) is 0 Å². The highest BCUT2D eigenvalue weighted by molar-refractivity contribution is 5.46. The highest BCUT2D eigenvalue weighted by atomic mass is 16.3. The number of phenolic OH excluding ortho intramolecular Hbond substituents is 2. The van der Waals surface area contributed by atoms with E-state index in [0.717, 1.165) is 0 Å². The summed E-state index contributed by atoms with van der Waals surface area (Å²) in [5, 5.41) is 31.2. The fraction of sp³-hybridized carbons (Fsp3) is 0.375. The van der Waals surface area contributed by atoms with Gasteiger partial charge in [0.05, 0.1) is 0 Å². The zero-order chi connectivity index (χ0) is 19.0. The fourth-order valence-corrected chi connectivity index (χ4v) is 1.35. The number of H-pyrrole nitrogens is 1. The number of allylic oxidation sites excluding steroid dienone is 1. The summed E-state index contributed by atoms with van der Waals surface area (Å²) in [5.74, 6) is 0.691. The first-order chi connectivity index (χ1) is 11.6. The first-order valence-electron chi connectivity index (χ1n) is 7.61. The number of benzene rings is 1. The van der Waals surface area contributed by atoms with Crippen molar-refractivity contribution in [3.8, 4) is 11.5 Å². The number of hydrogen-bond donors (Lipinski definition) is 6. The Morgan fingerprint density at radius 3 is 2.38 bits per heavy atom. The van der Waals surface area contributed by atoms with E-state index in [9.17, 15) is 10.2 Å². The van der Waals surface area contributed by atoms with Gasteiger partial charge in [0, 0.05) is 19.2 Å². The smallest absolute Gasteiger partial charge is 0.243 e. The van der Waals surface area contributed by atoms with Crippen molar-refractivity contribution < 1.29 is 10.2 Å². The number of anilines is 2. The highest BCUT2D eigenvalue weighted by Gasteiger charge is 2.06. The molecule has 1 aromatic heterocycles. The number of nitrogens with zero attached hydrogens (tertiary/aromatic N) is 2. The molecule has 8 nitrogen and oxygen atoms in total. The van der Waals surface area contributed by atoms with Crippen molar-refractivity contribution in [2.45, 2.75) is 27.3 Å². The predicted molar refractivity (Wildman–Crippen MR) is 100 cm³/mol. The molecule has 0 saturated carbocycles. The lowest BCUT2D eigenvalue weighted by atomic mass is 10.2. The summed E-state index contributed by atoms with van der Waals surface area (Å²) in [7, 11) is 3.22. The fourth-order valence-electron chi connectivity index (χ4n) is 1.35. The van der Waals surface area contributed by atoms with Crippen LogP contribution >= 0.6 is 0 Å². The molecule has 0 fully saturated rings. The van der Waals surface area contributed by atoms with E-state index < -0.39 is 0 Å². The van der Waals surface area contributed by atoms with E-state index in [1.54, 1.807) is 25.3 Å². The summed E-state index contributed by atoms with van der Waals surface area (Å²) in [6.45, 7) is 9.58. The topological polar surface area (TPSA) is 132 Å². The van der Waals surface area contributed by atoms with Crippen molar-refractivity contribution in [1.29, 1.82) is 0 Å². The minimum atomic E-state index is -0.141. The monoisotopic (exact) mass is 338 g/mol. The van der Waals surface area contributed by atoms with Gasteiger partial charge in [-0.2, -0.15) is 4.98 Å². The molecule has 7 N–H and O–H groups in total. The Labute approximate surface area is 143 Å². The Morgan fingerprint density at radius 2 is 1.88 bits per heavy atom. The maximum absolute atomic E-state index is 9.58. The molecule has 1 aromatic carbocycles. The van der Waals surface area contributed by atoms with Gasteiger partial charge in [-0.15, -0.1) is 11.7 Å². The van der Waals surface area contributed by atoms with Crippen LogP contribution in [0.5, 0.6) is 11.5 Å². The average Bonchev–Trinajstić information content (AvgIpc) is 3.09. The molecule has 0 unspecified atom stereocenters. The second-order valence-corrected chi connectivity index (χ2v) is 3.80. The third-order valence-corrected chi connectivity index (χ3v) is 2.25. The van der Waals surface area contributed by atoms with Gasteiger partial charge in [-0.1, -0.05) is 32.1 Å². The quantitative estimate of drug-likeness (QED) is 0.373. The summed E-state index contributed by atoms with van der Waals surface area (Å²) in [6, 6.07) is 4.79. The van der Waals surface area contributed by atoms with Crippen molar-refractivity contribution in [3.05, 3.63) is 36.4 Å². The number of para-hydroxylation sites is 1. The molecule has 0 aliphatic heterocycles. The van der Waals surface area contributed by atoms with Crippen LogP contribution in [-0.2, 0) is 6.54 Å². The van der Waals surface area contributed by atoms with E-state index in [1.807, 2.05) is 20.8 Å². The molecule has 24 heavy (non-hydrogen) atoms. The van der Waals surface area contributed by atoms with Crippen molar-refractivity contribution in [2.75, 3.05) is 24.7 Å². The number of nitrogens with one attached hydrogen (secondary N) is 3. The Morgan fingerprint density at radius 1 is 1.29 bits per heavy atom. The number of aromatic hydroxyl groups is 2. The van der Waals surface area contributed by atoms with Crippen LogP contribution in [0.1, 0.15) is 26.3 Å². The van der Waals surface area contributed by atoms with Gasteiger partial charge in [-0.25, -0.2) is 5.10 Å². The zero-order valence-electron chi connectivity index (χ0n) is 15.1. The Hall–Kier alpha value is -2.74. The molecule has 0 spiro atoms. The van der Waals surface area contributed by atoms with Crippen LogP contribution in [0.3, 0.4) is 0 Å². The second-order valence-electron chi connectivity index (χ2n) is 3.80. The molecular weight excluding hydrogens is 308 g/mol. The lowest BCUT2D eigenvalue weighted by Crippen LogP contribution is -2.01. The van der Waals surface area contributed by atoms with Crippen molar-refractivity contribution >= 4 is 11.9 Å². The summed E-state index contributed by atoms with van der Waals surface area (Å²) in [5.41, 5.74) is 5.08. The molecule has 0 aliphatic rings. The first kappa shape index (κ1) is 23.5. The molecule has 136 valence electrons. The summed E-state index contributed by atoms with van der Waals surface area (Å²) < 4.78 is 0. The minimum Gasteiger partial charge on any atom is -0.504 e. The number of aromatic amines is 1. The highest BCUT2D eigenvalue weighted by Crippen LogP contribution is 2.28. The summed E-state index contributed by atoms with van der Waals surface area (Å²) in [4.78, 5) is 4.06. The lowest BCUT2D eigenvalue weighted by molar-refractivity contribution is 0.400. The van der Waals surface area contributed by atoms with E-state index >= 15 is 0 Å². The van der Waals surface area contributed by atoms with Crippen LogP contribution in [0.15, 0.2) is 30.9 Å². The number of nitrogens with two attached hydrogens (primary N) is 1. The van der Waals surface area contributed by atoms with Gasteiger partial charge < -0.3 is 26.6 Å². The molecule has 0 saturated heterocycles. The van der Waals surface area contributed by atoms with Crippen LogP contribution < -0.4 is 16.4 Å². The Balaban J connectivity index is 0. The zero-order valence-corrected chi connectivity index (χ0v) is 15.1. The van der Waals surface area contributed by atoms with Crippen LogP contribution in [0.4, 0.5) is 11.9 Å². The van der Waals surface area contributed by atoms with E-state index in [-0.39, 0.29) is 11.5 Å². The van der Waals surface area contributed by atoms with E-state index in [0.29, 0.717) is 24.0 Å². The van der Waals surface area contributed by atoms with Crippen molar-refractivity contribution in [3.63, 3.8) is 0 Å². The van der Waals surface area contributed by atoms with Crippen LogP contribution in [-0.4, -0.2) is 39.5 Å². The Bertz CT molecular complexity index is 557. The van der Waals surface area contributed by atoms with Crippen LogP contribution in [0, 0.1) is 0 Å². The van der Waals surface area contributed by atoms with Gasteiger partial charge >= 0.3 is 0 Å². The van der Waals surface area contributed by atoms with Crippen molar-refractivity contribution in [2.24, 2.45) is 5.73 Å². The van der Waals surface area contributed by atoms with Crippen LogP contribution in [0.2, 0.25) is 0 Å². The SMILES string of the molecule is C=CC.CC.CN.CNc1n[nH]c(NCc2cccc(O)c2O)n1. The van der Waals surface area contributed by atoms with Crippen LogP contribution in [0.25, 0.3) is 0 Å². The molecule has 8 heteroatoms. The third-order valence-electron chi connectivity index (χ3n) is 2.25. The summed E-state index contributed by atoms with van der Waals surface area (Å²) in [6.07, 6.45) is 1.75. The second kappa shape index (κ2) is 15.2. The average molecular weight is 338 g/mol. The molecule has 0 radical (unpaired) electrons. The maximum atomic E-state index is 9.58. The molecule has 0 atom stereocenters. The Kier molecular flexibility index (Phi) is 14.9. The van der Waals surface area contributed by atoms with Gasteiger partial charge in [-0.05, 0) is 20.0 Å². The van der Waals surface area contributed by atoms with Gasteiger partial charge in [0.1, 0.15) is 0 Å². The molecule has 0 aliphatic carbocycles. The molecular formula is C16H30N6O2. The van der Waals surface area contributed by atoms with Gasteiger partial charge in [-0.3, -0.25) is 0 Å². The lowest BCUT2D eigenvalue weighted by Gasteiger charge is -2.06.